The zero-order chi connectivity index (χ0) is 25.3. The third-order valence-electron chi connectivity index (χ3n) is 7.28. The average molecular weight is 514 g/mol. The van der Waals surface area contributed by atoms with Crippen molar-refractivity contribution >= 4 is 33.0 Å². The highest BCUT2D eigenvalue weighted by Crippen LogP contribution is 2.29. The van der Waals surface area contributed by atoms with E-state index in [1.54, 1.807) is 10.5 Å². The van der Waals surface area contributed by atoms with Gasteiger partial charge in [0.1, 0.15) is 11.3 Å². The van der Waals surface area contributed by atoms with Crippen LogP contribution in [0.1, 0.15) is 25.7 Å². The summed E-state index contributed by atoms with van der Waals surface area (Å²) in [5.41, 5.74) is 3.05. The van der Waals surface area contributed by atoms with Crippen LogP contribution in [0.3, 0.4) is 0 Å². The minimum Gasteiger partial charge on any atom is -0.369 e. The second-order valence-corrected chi connectivity index (χ2v) is 12.1. The Morgan fingerprint density at radius 1 is 1.14 bits per heavy atom. The second-order valence-electron chi connectivity index (χ2n) is 10.1. The van der Waals surface area contributed by atoms with E-state index in [4.69, 9.17) is 15.0 Å². The number of aromatic amines is 1. The highest BCUT2D eigenvalue weighted by atomic mass is 32.2. The standard InChI is InChI=1S/C24H35N9O2S/c1-31(2)18-8-12-32(16-18)24-28-13-19(21-14-27-23-20(29-21)7-10-26-23)22(30-24)25-9-6-17-5-4-11-33(15-17)36(3,34)35/h7,10,13-14,17-18H,4-6,8-9,11-12,15-16H2,1-3H3,(H,26,27)(H,25,28,30)/t17-,18-/m1/s1. The summed E-state index contributed by atoms with van der Waals surface area (Å²) in [6, 6.07) is 2.38. The first-order chi connectivity index (χ1) is 17.3. The van der Waals surface area contributed by atoms with E-state index in [-0.39, 0.29) is 0 Å². The molecule has 3 aromatic heterocycles. The highest BCUT2D eigenvalue weighted by molar-refractivity contribution is 7.88. The number of fused-ring (bicyclic) bond motifs is 1. The number of hydrogen-bond donors (Lipinski definition) is 2. The largest absolute Gasteiger partial charge is 0.369 e. The van der Waals surface area contributed by atoms with Gasteiger partial charge in [0.2, 0.25) is 16.0 Å². The molecule has 0 aliphatic carbocycles. The van der Waals surface area contributed by atoms with Crippen LogP contribution >= 0.6 is 0 Å². The second kappa shape index (κ2) is 10.3. The molecule has 0 amide bonds. The molecule has 2 aliphatic rings. The van der Waals surface area contributed by atoms with Gasteiger partial charge in [0.05, 0.1) is 23.7 Å². The van der Waals surface area contributed by atoms with Gasteiger partial charge >= 0.3 is 0 Å². The summed E-state index contributed by atoms with van der Waals surface area (Å²) in [6.45, 7) is 3.69. The lowest BCUT2D eigenvalue weighted by Gasteiger charge is -2.31. The molecule has 2 fully saturated rings. The first kappa shape index (κ1) is 24.8. The van der Waals surface area contributed by atoms with Gasteiger partial charge in [-0.25, -0.2) is 27.7 Å². The van der Waals surface area contributed by atoms with Gasteiger partial charge in [-0.3, -0.25) is 0 Å². The maximum atomic E-state index is 12.0. The fourth-order valence-electron chi connectivity index (χ4n) is 5.11. The van der Waals surface area contributed by atoms with E-state index in [1.165, 1.54) is 6.26 Å². The summed E-state index contributed by atoms with van der Waals surface area (Å²) in [6.07, 6.45) is 10.6. The Balaban J connectivity index is 1.36. The zero-order valence-corrected chi connectivity index (χ0v) is 22.0. The van der Waals surface area contributed by atoms with Crippen molar-refractivity contribution in [1.29, 1.82) is 0 Å². The van der Waals surface area contributed by atoms with Crippen LogP contribution in [-0.4, -0.2) is 102 Å². The van der Waals surface area contributed by atoms with Crippen molar-refractivity contribution in [2.24, 2.45) is 5.92 Å². The quantitative estimate of drug-likeness (QED) is 0.466. The van der Waals surface area contributed by atoms with Crippen LogP contribution in [0.15, 0.2) is 24.7 Å². The van der Waals surface area contributed by atoms with Gasteiger partial charge in [0, 0.05) is 51.2 Å². The van der Waals surface area contributed by atoms with Gasteiger partial charge in [0.15, 0.2) is 5.65 Å². The minimum atomic E-state index is -3.15. The molecule has 2 aliphatic heterocycles. The van der Waals surface area contributed by atoms with Gasteiger partial charge in [-0.05, 0) is 51.8 Å². The van der Waals surface area contributed by atoms with Crippen molar-refractivity contribution in [1.82, 2.24) is 34.1 Å². The van der Waals surface area contributed by atoms with E-state index in [2.05, 4.69) is 39.2 Å². The smallest absolute Gasteiger partial charge is 0.227 e. The van der Waals surface area contributed by atoms with E-state index in [0.717, 1.165) is 61.3 Å². The number of likely N-dealkylation sites (N-methyl/N-ethyl adjacent to an activating group) is 1. The summed E-state index contributed by atoms with van der Waals surface area (Å²) in [5.74, 6) is 1.76. The van der Waals surface area contributed by atoms with Crippen molar-refractivity contribution < 1.29 is 8.42 Å². The summed E-state index contributed by atoms with van der Waals surface area (Å²) in [5, 5.41) is 3.52. The lowest BCUT2D eigenvalue weighted by atomic mass is 9.96. The SMILES string of the molecule is CN(C)[C@@H]1CCN(c2ncc(-c3cnc4[nH]ccc4n3)c(NCC[C@H]3CCCN(S(C)(=O)=O)C3)n2)C1. The molecule has 2 N–H and O–H groups in total. The van der Waals surface area contributed by atoms with Crippen LogP contribution in [0, 0.1) is 5.92 Å². The molecule has 5 heterocycles. The van der Waals surface area contributed by atoms with Crippen LogP contribution < -0.4 is 10.2 Å². The summed E-state index contributed by atoms with van der Waals surface area (Å²) in [4.78, 5) is 26.4. The van der Waals surface area contributed by atoms with Crippen molar-refractivity contribution in [3.05, 3.63) is 24.7 Å². The van der Waals surface area contributed by atoms with Crippen molar-refractivity contribution in [3.63, 3.8) is 0 Å². The Bertz CT molecular complexity index is 1310. The van der Waals surface area contributed by atoms with Crippen LogP contribution in [0.2, 0.25) is 0 Å². The number of nitrogens with one attached hydrogen (secondary N) is 2. The van der Waals surface area contributed by atoms with Gasteiger partial charge in [0.25, 0.3) is 0 Å². The van der Waals surface area contributed by atoms with E-state index in [1.807, 2.05) is 18.5 Å². The lowest BCUT2D eigenvalue weighted by molar-refractivity contribution is 0.261. The highest BCUT2D eigenvalue weighted by Gasteiger charge is 2.27. The minimum absolute atomic E-state index is 0.321. The topological polar surface area (TPSA) is 123 Å². The molecule has 3 aromatic rings. The number of hydrogen-bond acceptors (Lipinski definition) is 9. The first-order valence-corrected chi connectivity index (χ1v) is 14.4. The van der Waals surface area contributed by atoms with Crippen LogP contribution in [0.25, 0.3) is 22.4 Å². The number of anilines is 2. The van der Waals surface area contributed by atoms with Gasteiger partial charge < -0.3 is 20.1 Å². The molecule has 0 aromatic carbocycles. The van der Waals surface area contributed by atoms with Crippen LogP contribution in [-0.2, 0) is 10.0 Å². The molecule has 2 saturated heterocycles. The molecule has 11 nitrogen and oxygen atoms in total. The molecule has 5 rings (SSSR count). The van der Waals surface area contributed by atoms with Gasteiger partial charge in [-0.15, -0.1) is 0 Å². The normalized spacial score (nSPS) is 21.5. The fraction of sp³-hybridized carbons (Fsp3) is 0.583. The third kappa shape index (κ3) is 5.45. The average Bonchev–Trinajstić information content (AvgIpc) is 3.53. The molecule has 0 saturated carbocycles. The Kier molecular flexibility index (Phi) is 7.09. The lowest BCUT2D eigenvalue weighted by Crippen LogP contribution is -2.39. The van der Waals surface area contributed by atoms with E-state index in [0.29, 0.717) is 43.2 Å². The molecule has 0 bridgehead atoms. The number of H-pyrrole nitrogens is 1. The fourth-order valence-corrected chi connectivity index (χ4v) is 6.05. The predicted octanol–water partition coefficient (Wildman–Crippen LogP) is 2.03. The summed E-state index contributed by atoms with van der Waals surface area (Å²) < 4.78 is 25.6. The molecular formula is C24H35N9O2S. The maximum absolute atomic E-state index is 12.0. The molecular weight excluding hydrogens is 478 g/mol. The molecule has 2 atom stereocenters. The third-order valence-corrected chi connectivity index (χ3v) is 8.55. The number of nitrogens with zero attached hydrogens (tertiary/aromatic N) is 7. The Hall–Kier alpha value is -2.83. The van der Waals surface area contributed by atoms with Crippen LogP contribution in [0.5, 0.6) is 0 Å². The van der Waals surface area contributed by atoms with Crippen molar-refractivity contribution in [2.45, 2.75) is 31.7 Å². The molecule has 194 valence electrons. The Morgan fingerprint density at radius 2 is 2.00 bits per heavy atom. The van der Waals surface area contributed by atoms with Gasteiger partial charge in [-0.1, -0.05) is 0 Å². The van der Waals surface area contributed by atoms with Crippen LogP contribution in [0.4, 0.5) is 11.8 Å². The molecule has 12 heteroatoms. The van der Waals surface area contributed by atoms with Gasteiger partial charge in [-0.2, -0.15) is 4.98 Å². The van der Waals surface area contributed by atoms with Crippen molar-refractivity contribution in [3.8, 4) is 11.3 Å². The number of sulfonamides is 1. The molecule has 0 radical (unpaired) electrons. The maximum Gasteiger partial charge on any atom is 0.227 e. The summed E-state index contributed by atoms with van der Waals surface area (Å²) in [7, 11) is 1.06. The summed E-state index contributed by atoms with van der Waals surface area (Å²) >= 11 is 0. The first-order valence-electron chi connectivity index (χ1n) is 12.6. The van der Waals surface area contributed by atoms with E-state index < -0.39 is 10.0 Å². The number of piperidine rings is 1. The van der Waals surface area contributed by atoms with Crippen molar-refractivity contribution in [2.75, 3.05) is 63.3 Å². The number of rotatable bonds is 8. The Labute approximate surface area is 212 Å². The Morgan fingerprint density at radius 3 is 2.78 bits per heavy atom. The van der Waals surface area contributed by atoms with E-state index in [9.17, 15) is 8.42 Å². The molecule has 0 spiro atoms. The molecule has 0 unspecified atom stereocenters. The van der Waals surface area contributed by atoms with E-state index >= 15 is 0 Å². The predicted molar refractivity (Wildman–Crippen MR) is 141 cm³/mol. The molecule has 36 heavy (non-hydrogen) atoms. The number of aromatic nitrogens is 5. The zero-order valence-electron chi connectivity index (χ0n) is 21.2. The monoisotopic (exact) mass is 513 g/mol.